The average Bonchev–Trinajstić information content (AvgIpc) is 2.21. The molecule has 3 nitrogen and oxygen atoms in total. The lowest BCUT2D eigenvalue weighted by Crippen LogP contribution is -2.47. The summed E-state index contributed by atoms with van der Waals surface area (Å²) in [5.74, 6) is 0. The minimum atomic E-state index is 0.156. The largest absolute Gasteiger partial charge is 0.395 e. The standard InChI is InChI=1S/C10H22N2O/c1-12(10(7-11)8-13)9-5-3-2-4-6-9/h9-10,13H,2-8,11H2,1H3. The van der Waals surface area contributed by atoms with E-state index >= 15 is 0 Å². The summed E-state index contributed by atoms with van der Waals surface area (Å²) < 4.78 is 0. The van der Waals surface area contributed by atoms with Crippen LogP contribution in [-0.4, -0.2) is 42.3 Å². The average molecular weight is 186 g/mol. The van der Waals surface area contributed by atoms with Crippen molar-refractivity contribution in [1.82, 2.24) is 4.90 Å². The molecule has 1 rings (SSSR count). The maximum absolute atomic E-state index is 9.11. The molecule has 0 radical (unpaired) electrons. The predicted octanol–water partition coefficient (Wildman–Crippen LogP) is 0.570. The Balaban J connectivity index is 2.38. The van der Waals surface area contributed by atoms with Gasteiger partial charge in [-0.05, 0) is 19.9 Å². The SMILES string of the molecule is CN(C(CN)CO)C1CCCCC1. The highest BCUT2D eigenvalue weighted by atomic mass is 16.3. The van der Waals surface area contributed by atoms with Crippen molar-refractivity contribution in [3.8, 4) is 0 Å². The van der Waals surface area contributed by atoms with Crippen LogP contribution in [0.4, 0.5) is 0 Å². The molecule has 1 unspecified atom stereocenters. The summed E-state index contributed by atoms with van der Waals surface area (Å²) in [6.07, 6.45) is 6.58. The second-order valence-electron chi connectivity index (χ2n) is 4.03. The Hall–Kier alpha value is -0.120. The molecule has 0 amide bonds. The number of hydrogen-bond acceptors (Lipinski definition) is 3. The van der Waals surface area contributed by atoms with Crippen molar-refractivity contribution in [2.24, 2.45) is 5.73 Å². The molecule has 1 saturated carbocycles. The summed E-state index contributed by atoms with van der Waals surface area (Å²) in [6, 6.07) is 0.803. The molecular weight excluding hydrogens is 164 g/mol. The van der Waals surface area contributed by atoms with Gasteiger partial charge >= 0.3 is 0 Å². The van der Waals surface area contributed by atoms with Crippen molar-refractivity contribution in [2.75, 3.05) is 20.2 Å². The first-order chi connectivity index (χ1) is 6.29. The van der Waals surface area contributed by atoms with Gasteiger partial charge in [-0.1, -0.05) is 19.3 Å². The minimum absolute atomic E-state index is 0.156. The molecule has 1 fully saturated rings. The van der Waals surface area contributed by atoms with Gasteiger partial charge < -0.3 is 10.8 Å². The Morgan fingerprint density at radius 3 is 2.46 bits per heavy atom. The van der Waals surface area contributed by atoms with Crippen molar-refractivity contribution < 1.29 is 5.11 Å². The topological polar surface area (TPSA) is 49.5 Å². The zero-order valence-corrected chi connectivity index (χ0v) is 8.58. The van der Waals surface area contributed by atoms with E-state index in [1.807, 2.05) is 0 Å². The number of nitrogens with two attached hydrogens (primary N) is 1. The Morgan fingerprint density at radius 2 is 2.00 bits per heavy atom. The molecule has 1 aliphatic carbocycles. The number of rotatable bonds is 4. The van der Waals surface area contributed by atoms with Crippen LogP contribution in [0.25, 0.3) is 0 Å². The number of hydrogen-bond donors (Lipinski definition) is 2. The molecule has 78 valence electrons. The van der Waals surface area contributed by atoms with Gasteiger partial charge in [0.05, 0.1) is 6.61 Å². The lowest BCUT2D eigenvalue weighted by Gasteiger charge is -2.35. The molecule has 0 spiro atoms. The van der Waals surface area contributed by atoms with E-state index in [0.29, 0.717) is 12.6 Å². The zero-order valence-electron chi connectivity index (χ0n) is 8.58. The van der Waals surface area contributed by atoms with Crippen molar-refractivity contribution in [2.45, 2.75) is 44.2 Å². The van der Waals surface area contributed by atoms with Gasteiger partial charge in [0.15, 0.2) is 0 Å². The molecule has 1 atom stereocenters. The van der Waals surface area contributed by atoms with Gasteiger partial charge in [-0.25, -0.2) is 0 Å². The second-order valence-corrected chi connectivity index (χ2v) is 4.03. The number of likely N-dealkylation sites (N-methyl/N-ethyl adjacent to an activating group) is 1. The molecule has 1 aliphatic rings. The van der Waals surface area contributed by atoms with Crippen molar-refractivity contribution in [1.29, 1.82) is 0 Å². The maximum Gasteiger partial charge on any atom is 0.0599 e. The van der Waals surface area contributed by atoms with Crippen LogP contribution in [-0.2, 0) is 0 Å². The first-order valence-electron chi connectivity index (χ1n) is 5.32. The number of nitrogens with zero attached hydrogens (tertiary/aromatic N) is 1. The van der Waals surface area contributed by atoms with Gasteiger partial charge in [-0.15, -0.1) is 0 Å². The predicted molar refractivity (Wildman–Crippen MR) is 54.6 cm³/mol. The molecule has 3 N–H and O–H groups in total. The lowest BCUT2D eigenvalue weighted by molar-refractivity contribution is 0.0939. The summed E-state index contributed by atoms with van der Waals surface area (Å²) in [5.41, 5.74) is 5.59. The Bertz CT molecular complexity index is 131. The first-order valence-corrected chi connectivity index (χ1v) is 5.32. The molecular formula is C10H22N2O. The number of aliphatic hydroxyl groups excluding tert-OH is 1. The molecule has 0 saturated heterocycles. The van der Waals surface area contributed by atoms with Crippen LogP contribution in [0.2, 0.25) is 0 Å². The highest BCUT2D eigenvalue weighted by molar-refractivity contribution is 4.79. The van der Waals surface area contributed by atoms with Crippen LogP contribution in [0.1, 0.15) is 32.1 Å². The Labute approximate surface area is 80.9 Å². The molecule has 0 aliphatic heterocycles. The fraction of sp³-hybridized carbons (Fsp3) is 1.00. The van der Waals surface area contributed by atoms with E-state index in [4.69, 9.17) is 10.8 Å². The number of aliphatic hydroxyl groups is 1. The first kappa shape index (κ1) is 11.0. The quantitative estimate of drug-likeness (QED) is 0.675. The summed E-state index contributed by atoms with van der Waals surface area (Å²) in [5, 5.41) is 9.11. The Kier molecular flexibility index (Phi) is 4.70. The third kappa shape index (κ3) is 2.93. The minimum Gasteiger partial charge on any atom is -0.395 e. The van der Waals surface area contributed by atoms with E-state index < -0.39 is 0 Å². The zero-order chi connectivity index (χ0) is 9.68. The highest BCUT2D eigenvalue weighted by Gasteiger charge is 2.22. The van der Waals surface area contributed by atoms with E-state index in [9.17, 15) is 0 Å². The summed E-state index contributed by atoms with van der Waals surface area (Å²) in [7, 11) is 2.09. The van der Waals surface area contributed by atoms with Gasteiger partial charge in [0.1, 0.15) is 0 Å². The summed E-state index contributed by atoms with van der Waals surface area (Å²) >= 11 is 0. The normalized spacial score (nSPS) is 22.2. The van der Waals surface area contributed by atoms with E-state index in [2.05, 4.69) is 11.9 Å². The molecule has 13 heavy (non-hydrogen) atoms. The third-order valence-corrected chi connectivity index (χ3v) is 3.21. The second kappa shape index (κ2) is 5.58. The van der Waals surface area contributed by atoms with E-state index in [1.165, 1.54) is 32.1 Å². The molecule has 0 aromatic heterocycles. The van der Waals surface area contributed by atoms with Crippen molar-refractivity contribution >= 4 is 0 Å². The van der Waals surface area contributed by atoms with E-state index in [-0.39, 0.29) is 12.6 Å². The van der Waals surface area contributed by atoms with Crippen LogP contribution in [0.5, 0.6) is 0 Å². The fourth-order valence-electron chi connectivity index (χ4n) is 2.16. The van der Waals surface area contributed by atoms with E-state index in [0.717, 1.165) is 0 Å². The third-order valence-electron chi connectivity index (χ3n) is 3.21. The van der Waals surface area contributed by atoms with Crippen LogP contribution in [0.15, 0.2) is 0 Å². The van der Waals surface area contributed by atoms with Gasteiger partial charge in [0.2, 0.25) is 0 Å². The van der Waals surface area contributed by atoms with Crippen molar-refractivity contribution in [3.05, 3.63) is 0 Å². The molecule has 3 heteroatoms. The molecule has 0 aromatic rings. The fourth-order valence-corrected chi connectivity index (χ4v) is 2.16. The smallest absolute Gasteiger partial charge is 0.0599 e. The lowest BCUT2D eigenvalue weighted by atomic mass is 9.93. The van der Waals surface area contributed by atoms with Crippen LogP contribution >= 0.6 is 0 Å². The molecule has 0 aromatic carbocycles. The van der Waals surface area contributed by atoms with E-state index in [1.54, 1.807) is 0 Å². The molecule has 0 bridgehead atoms. The van der Waals surface area contributed by atoms with Gasteiger partial charge in [-0.3, -0.25) is 4.90 Å². The summed E-state index contributed by atoms with van der Waals surface area (Å²) in [6.45, 7) is 0.743. The highest BCUT2D eigenvalue weighted by Crippen LogP contribution is 2.22. The van der Waals surface area contributed by atoms with Gasteiger partial charge in [0, 0.05) is 18.6 Å². The maximum atomic E-state index is 9.11. The van der Waals surface area contributed by atoms with Crippen LogP contribution in [0, 0.1) is 0 Å². The summed E-state index contributed by atoms with van der Waals surface area (Å²) in [4.78, 5) is 2.26. The van der Waals surface area contributed by atoms with Crippen LogP contribution < -0.4 is 5.73 Å². The van der Waals surface area contributed by atoms with Crippen molar-refractivity contribution in [3.63, 3.8) is 0 Å². The Morgan fingerprint density at radius 1 is 1.38 bits per heavy atom. The van der Waals surface area contributed by atoms with Crippen LogP contribution in [0.3, 0.4) is 0 Å². The van der Waals surface area contributed by atoms with Gasteiger partial charge in [0.25, 0.3) is 0 Å². The van der Waals surface area contributed by atoms with Gasteiger partial charge in [-0.2, -0.15) is 0 Å². The monoisotopic (exact) mass is 186 g/mol. The molecule has 0 heterocycles.